The maximum Gasteiger partial charge on any atom is 0.209 e. The van der Waals surface area contributed by atoms with E-state index in [2.05, 4.69) is 4.99 Å². The lowest BCUT2D eigenvalue weighted by atomic mass is 10.0. The molecule has 1 amide bonds. The Kier molecular flexibility index (Phi) is 5.34. The monoisotopic (exact) mass is 288 g/mol. The Morgan fingerprint density at radius 2 is 2.19 bits per heavy atom. The van der Waals surface area contributed by atoms with Gasteiger partial charge < -0.3 is 21.1 Å². The molecule has 1 aromatic carbocycles. The Bertz CT molecular complexity index is 516. The summed E-state index contributed by atoms with van der Waals surface area (Å²) in [5.74, 6) is 0. The third-order valence-electron chi connectivity index (χ3n) is 3.34. The fourth-order valence-electron chi connectivity index (χ4n) is 2.24. The minimum absolute atomic E-state index is 0.201. The number of aliphatic imine (C=N–C) groups is 1. The molecule has 1 aliphatic rings. The molecule has 0 spiro atoms. The number of morpholine rings is 1. The fraction of sp³-hybridized carbons (Fsp3) is 0.333. The highest BCUT2D eigenvalue weighted by Gasteiger charge is 2.28. The summed E-state index contributed by atoms with van der Waals surface area (Å²) in [7, 11) is 0. The number of ether oxygens (including phenoxy) is 1. The van der Waals surface area contributed by atoms with Crippen molar-refractivity contribution in [3.8, 4) is 0 Å². The van der Waals surface area contributed by atoms with Gasteiger partial charge in [0.1, 0.15) is 12.1 Å². The molecule has 6 heteroatoms. The molecule has 6 nitrogen and oxygen atoms in total. The maximum atomic E-state index is 11.0. The van der Waals surface area contributed by atoms with E-state index < -0.39 is 0 Å². The van der Waals surface area contributed by atoms with Crippen LogP contribution in [0.5, 0.6) is 0 Å². The van der Waals surface area contributed by atoms with E-state index in [9.17, 15) is 4.79 Å². The highest BCUT2D eigenvalue weighted by Crippen LogP contribution is 2.25. The van der Waals surface area contributed by atoms with E-state index in [4.69, 9.17) is 16.2 Å². The lowest BCUT2D eigenvalue weighted by Gasteiger charge is -2.33. The Balaban J connectivity index is 2.23. The minimum atomic E-state index is -0.229. The molecule has 2 rings (SSSR count). The summed E-state index contributed by atoms with van der Waals surface area (Å²) < 4.78 is 5.79. The van der Waals surface area contributed by atoms with Crippen LogP contribution in [0.1, 0.15) is 11.6 Å². The van der Waals surface area contributed by atoms with Crippen molar-refractivity contribution in [2.24, 2.45) is 16.5 Å². The van der Waals surface area contributed by atoms with Gasteiger partial charge in [-0.25, -0.2) is 0 Å². The summed E-state index contributed by atoms with van der Waals surface area (Å²) in [5.41, 5.74) is 12.4. The van der Waals surface area contributed by atoms with Gasteiger partial charge in [0.05, 0.1) is 12.3 Å². The average molecular weight is 288 g/mol. The number of hydrogen-bond donors (Lipinski definition) is 2. The number of hydrogen-bond acceptors (Lipinski definition) is 5. The van der Waals surface area contributed by atoms with E-state index in [-0.39, 0.29) is 12.1 Å². The molecule has 1 aromatic rings. The van der Waals surface area contributed by atoms with Crippen LogP contribution < -0.4 is 11.5 Å². The van der Waals surface area contributed by atoms with Crippen LogP contribution in [0.2, 0.25) is 0 Å². The van der Waals surface area contributed by atoms with E-state index in [1.165, 1.54) is 12.4 Å². The predicted molar refractivity (Wildman–Crippen MR) is 81.5 cm³/mol. The third kappa shape index (κ3) is 4.06. The van der Waals surface area contributed by atoms with E-state index in [1.807, 2.05) is 30.3 Å². The zero-order valence-corrected chi connectivity index (χ0v) is 11.8. The first kappa shape index (κ1) is 15.1. The first-order valence-corrected chi connectivity index (χ1v) is 6.81. The molecule has 1 fully saturated rings. The molecule has 0 aromatic heterocycles. The zero-order valence-electron chi connectivity index (χ0n) is 11.8. The van der Waals surface area contributed by atoms with Gasteiger partial charge in [-0.3, -0.25) is 9.79 Å². The lowest BCUT2D eigenvalue weighted by molar-refractivity contribution is -0.126. The zero-order chi connectivity index (χ0) is 15.1. The Morgan fingerprint density at radius 1 is 1.43 bits per heavy atom. The number of nitrogens with two attached hydrogens (primary N) is 2. The SMILES string of the molecule is N/C=C(/N)C=NC(c1ccccc1)C1CN(C=O)CCO1. The largest absolute Gasteiger partial charge is 0.403 e. The van der Waals surface area contributed by atoms with Crippen LogP contribution in [0.15, 0.2) is 47.2 Å². The van der Waals surface area contributed by atoms with Crippen molar-refractivity contribution in [1.82, 2.24) is 4.90 Å². The van der Waals surface area contributed by atoms with Gasteiger partial charge in [-0.2, -0.15) is 0 Å². The summed E-state index contributed by atoms with van der Waals surface area (Å²) in [6.45, 7) is 1.62. The summed E-state index contributed by atoms with van der Waals surface area (Å²) in [4.78, 5) is 17.2. The third-order valence-corrected chi connectivity index (χ3v) is 3.34. The number of rotatable bonds is 5. The van der Waals surface area contributed by atoms with E-state index in [0.29, 0.717) is 25.4 Å². The average Bonchev–Trinajstić information content (AvgIpc) is 2.56. The smallest absolute Gasteiger partial charge is 0.209 e. The van der Waals surface area contributed by atoms with Crippen molar-refractivity contribution in [3.05, 3.63) is 47.8 Å². The second kappa shape index (κ2) is 7.44. The second-order valence-electron chi connectivity index (χ2n) is 4.81. The van der Waals surface area contributed by atoms with E-state index in [1.54, 1.807) is 4.90 Å². The normalized spacial score (nSPS) is 21.4. The van der Waals surface area contributed by atoms with Gasteiger partial charge in [-0.05, 0) is 5.56 Å². The fourth-order valence-corrected chi connectivity index (χ4v) is 2.24. The molecule has 0 bridgehead atoms. The lowest BCUT2D eigenvalue weighted by Crippen LogP contribution is -2.44. The van der Waals surface area contributed by atoms with Crippen LogP contribution in [0.4, 0.5) is 0 Å². The summed E-state index contributed by atoms with van der Waals surface area (Å²) in [5, 5.41) is 0. The second-order valence-corrected chi connectivity index (χ2v) is 4.81. The molecule has 2 unspecified atom stereocenters. The van der Waals surface area contributed by atoms with Crippen LogP contribution >= 0.6 is 0 Å². The van der Waals surface area contributed by atoms with Gasteiger partial charge >= 0.3 is 0 Å². The maximum absolute atomic E-state index is 11.0. The Labute approximate surface area is 124 Å². The highest BCUT2D eigenvalue weighted by molar-refractivity contribution is 5.77. The first-order chi connectivity index (χ1) is 10.2. The van der Waals surface area contributed by atoms with E-state index in [0.717, 1.165) is 12.0 Å². The van der Waals surface area contributed by atoms with Gasteiger partial charge in [0.2, 0.25) is 6.41 Å². The van der Waals surface area contributed by atoms with Crippen molar-refractivity contribution >= 4 is 12.6 Å². The Morgan fingerprint density at radius 3 is 2.86 bits per heavy atom. The van der Waals surface area contributed by atoms with Crippen molar-refractivity contribution < 1.29 is 9.53 Å². The molecule has 21 heavy (non-hydrogen) atoms. The molecule has 1 aliphatic heterocycles. The summed E-state index contributed by atoms with van der Waals surface area (Å²) in [6.07, 6.45) is 3.47. The molecule has 1 heterocycles. The van der Waals surface area contributed by atoms with Crippen molar-refractivity contribution in [2.45, 2.75) is 12.1 Å². The van der Waals surface area contributed by atoms with Crippen LogP contribution in [-0.4, -0.2) is 43.3 Å². The van der Waals surface area contributed by atoms with Crippen LogP contribution in [0.3, 0.4) is 0 Å². The number of benzene rings is 1. The van der Waals surface area contributed by atoms with Gasteiger partial charge in [0.25, 0.3) is 0 Å². The topological polar surface area (TPSA) is 93.9 Å². The minimum Gasteiger partial charge on any atom is -0.403 e. The molecule has 0 radical (unpaired) electrons. The molecule has 112 valence electrons. The van der Waals surface area contributed by atoms with E-state index >= 15 is 0 Å². The van der Waals surface area contributed by atoms with Crippen molar-refractivity contribution in [2.75, 3.05) is 19.7 Å². The summed E-state index contributed by atoms with van der Waals surface area (Å²) in [6, 6.07) is 9.56. The van der Waals surface area contributed by atoms with Gasteiger partial charge in [0, 0.05) is 25.5 Å². The first-order valence-electron chi connectivity index (χ1n) is 6.81. The van der Waals surface area contributed by atoms with Gasteiger partial charge in [-0.1, -0.05) is 30.3 Å². The molecular formula is C15H20N4O2. The standard InChI is InChI=1S/C15H20N4O2/c16-8-13(17)9-18-15(12-4-2-1-3-5-12)14-10-19(11-20)6-7-21-14/h1-5,8-9,11,14-15H,6-7,10,16-17H2/b13-8+,18-9?. The van der Waals surface area contributed by atoms with Crippen molar-refractivity contribution in [3.63, 3.8) is 0 Å². The van der Waals surface area contributed by atoms with Gasteiger partial charge in [-0.15, -0.1) is 0 Å². The quantitative estimate of drug-likeness (QED) is 0.606. The number of nitrogens with zero attached hydrogens (tertiary/aromatic N) is 2. The van der Waals surface area contributed by atoms with Gasteiger partial charge in [0.15, 0.2) is 0 Å². The molecular weight excluding hydrogens is 268 g/mol. The van der Waals surface area contributed by atoms with Crippen LogP contribution in [0, 0.1) is 0 Å². The predicted octanol–water partition coefficient (Wildman–Crippen LogP) is 0.414. The molecule has 0 aliphatic carbocycles. The highest BCUT2D eigenvalue weighted by atomic mass is 16.5. The molecule has 0 saturated carbocycles. The van der Waals surface area contributed by atoms with Crippen molar-refractivity contribution in [1.29, 1.82) is 0 Å². The number of carbonyl (C=O) groups excluding carboxylic acids is 1. The number of carbonyl (C=O) groups is 1. The molecule has 1 saturated heterocycles. The number of allylic oxidation sites excluding steroid dienone is 1. The van der Waals surface area contributed by atoms with Crippen LogP contribution in [-0.2, 0) is 9.53 Å². The van der Waals surface area contributed by atoms with Crippen LogP contribution in [0.25, 0.3) is 0 Å². The molecule has 2 atom stereocenters. The summed E-state index contributed by atoms with van der Waals surface area (Å²) >= 11 is 0. The Hall–Kier alpha value is -2.34. The molecule has 4 N–H and O–H groups in total. The number of amides is 1.